The number of hydrogen-bond acceptors (Lipinski definition) is 8. The molecule has 0 saturated carbocycles. The molecule has 3 amide bonds. The van der Waals surface area contributed by atoms with Gasteiger partial charge in [0.25, 0.3) is 0 Å². The highest BCUT2D eigenvalue weighted by molar-refractivity contribution is 5.95. The van der Waals surface area contributed by atoms with Crippen molar-refractivity contribution < 1.29 is 42.6 Å². The SMILES string of the molecule is N=C(N)c1ccc(C[C@@H](C(=O)N[C@@H](CO)C(=O)N[C@@H](CCCN=C(N)N)C(N)=O)c2cccnc2)cc1.O=C(O)C(F)(F)F. The summed E-state index contributed by atoms with van der Waals surface area (Å²) in [7, 11) is 0. The Kier molecular flexibility index (Phi) is 14.7. The van der Waals surface area contributed by atoms with Crippen LogP contribution in [0.5, 0.6) is 0 Å². The van der Waals surface area contributed by atoms with Crippen molar-refractivity contribution in [3.05, 3.63) is 65.5 Å². The van der Waals surface area contributed by atoms with Crippen LogP contribution in [0.25, 0.3) is 0 Å². The number of halogens is 3. The lowest BCUT2D eigenvalue weighted by molar-refractivity contribution is -0.192. The predicted molar refractivity (Wildman–Crippen MR) is 152 cm³/mol. The van der Waals surface area contributed by atoms with Gasteiger partial charge in [-0.25, -0.2) is 4.79 Å². The number of aliphatic carboxylic acids is 1. The standard InChI is InChI=1S/C24H33N9O4.C2HF3O2/c25-20(26)15-7-5-14(6-8-15)11-17(16-3-1-9-30-12-16)22(36)33-19(13-34)23(37)32-18(21(27)35)4-2-10-31-24(28)29;3-2(4,5)1(6)7/h1,3,5-9,12,17-19,34H,2,4,10-11,13H2,(H3,25,26)(H2,27,35)(H,32,37)(H,33,36)(H4,28,29,31);(H,6,7)/t17-,18+,19+;/m1./s1. The van der Waals surface area contributed by atoms with Crippen LogP contribution < -0.4 is 33.6 Å². The summed E-state index contributed by atoms with van der Waals surface area (Å²) < 4.78 is 31.7. The average Bonchev–Trinajstić information content (AvgIpc) is 2.96. The van der Waals surface area contributed by atoms with E-state index in [1.807, 2.05) is 0 Å². The van der Waals surface area contributed by atoms with Gasteiger partial charge in [0.2, 0.25) is 17.7 Å². The molecule has 0 bridgehead atoms. The maximum Gasteiger partial charge on any atom is 0.490 e. The average molecular weight is 626 g/mol. The largest absolute Gasteiger partial charge is 0.490 e. The van der Waals surface area contributed by atoms with Crippen molar-refractivity contribution in [1.82, 2.24) is 15.6 Å². The van der Waals surface area contributed by atoms with Crippen molar-refractivity contribution in [3.8, 4) is 0 Å². The molecule has 2 rings (SSSR count). The Morgan fingerprint density at radius 2 is 1.57 bits per heavy atom. The minimum absolute atomic E-state index is 0.0737. The van der Waals surface area contributed by atoms with Gasteiger partial charge in [-0.15, -0.1) is 0 Å². The third-order valence-corrected chi connectivity index (χ3v) is 5.77. The molecule has 0 aliphatic heterocycles. The van der Waals surface area contributed by atoms with E-state index in [4.69, 9.17) is 38.2 Å². The van der Waals surface area contributed by atoms with Gasteiger partial charge in [0.15, 0.2) is 5.96 Å². The molecule has 1 aromatic carbocycles. The fraction of sp³-hybridized carbons (Fsp3) is 0.346. The molecule has 44 heavy (non-hydrogen) atoms. The molecule has 1 heterocycles. The number of nitrogens with one attached hydrogen (secondary N) is 3. The second-order valence-electron chi connectivity index (χ2n) is 9.11. The summed E-state index contributed by atoms with van der Waals surface area (Å²) in [5.41, 5.74) is 23.4. The van der Waals surface area contributed by atoms with Crippen LogP contribution in [0.15, 0.2) is 53.8 Å². The van der Waals surface area contributed by atoms with Crippen molar-refractivity contribution in [2.45, 2.75) is 43.4 Å². The third-order valence-electron chi connectivity index (χ3n) is 5.77. The lowest BCUT2D eigenvalue weighted by atomic mass is 9.91. The van der Waals surface area contributed by atoms with Crippen LogP contribution in [0, 0.1) is 5.41 Å². The van der Waals surface area contributed by atoms with E-state index in [1.54, 1.807) is 48.8 Å². The van der Waals surface area contributed by atoms with E-state index in [-0.39, 0.29) is 31.2 Å². The van der Waals surface area contributed by atoms with Crippen molar-refractivity contribution in [2.24, 2.45) is 27.9 Å². The molecule has 18 heteroatoms. The molecule has 2 aromatic rings. The number of aliphatic imine (C=N–C) groups is 1. The number of amidine groups is 1. The minimum atomic E-state index is -5.08. The quantitative estimate of drug-likeness (QED) is 0.0688. The lowest BCUT2D eigenvalue weighted by Gasteiger charge is -2.23. The summed E-state index contributed by atoms with van der Waals surface area (Å²) in [4.78, 5) is 54.6. The summed E-state index contributed by atoms with van der Waals surface area (Å²) in [6, 6.07) is 7.91. The number of guanidine groups is 1. The summed E-state index contributed by atoms with van der Waals surface area (Å²) in [6.45, 7) is -0.466. The van der Waals surface area contributed by atoms with E-state index in [1.165, 1.54) is 0 Å². The number of nitrogens with two attached hydrogens (primary N) is 4. The number of aromatic nitrogens is 1. The van der Waals surface area contributed by atoms with Crippen LogP contribution >= 0.6 is 0 Å². The Bertz CT molecular complexity index is 1300. The number of benzene rings is 1. The molecule has 0 aliphatic rings. The van der Waals surface area contributed by atoms with E-state index < -0.39 is 54.5 Å². The Balaban J connectivity index is 0.00000123. The molecular weight excluding hydrogens is 591 g/mol. The number of hydrogen-bond donors (Lipinski definition) is 9. The summed E-state index contributed by atoms with van der Waals surface area (Å²) in [5.74, 6) is -5.74. The molecule has 0 aliphatic carbocycles. The maximum absolute atomic E-state index is 13.3. The van der Waals surface area contributed by atoms with Gasteiger partial charge >= 0.3 is 12.1 Å². The van der Waals surface area contributed by atoms with Gasteiger partial charge in [0.05, 0.1) is 12.5 Å². The van der Waals surface area contributed by atoms with Gasteiger partial charge in [-0.1, -0.05) is 30.3 Å². The number of rotatable bonds is 14. The monoisotopic (exact) mass is 625 g/mol. The number of aliphatic hydroxyl groups is 1. The first-order valence-corrected chi connectivity index (χ1v) is 12.8. The predicted octanol–water partition coefficient (Wildman–Crippen LogP) is -1.17. The molecule has 3 atom stereocenters. The molecule has 0 fully saturated rings. The number of alkyl halides is 3. The van der Waals surface area contributed by atoms with Crippen LogP contribution in [-0.2, 0) is 25.6 Å². The van der Waals surface area contributed by atoms with E-state index in [2.05, 4.69) is 20.6 Å². The normalized spacial score (nSPS) is 12.7. The molecule has 15 nitrogen and oxygen atoms in total. The number of carbonyl (C=O) groups excluding carboxylic acids is 3. The Morgan fingerprint density at radius 1 is 0.977 bits per heavy atom. The van der Waals surface area contributed by atoms with Crippen molar-refractivity contribution in [2.75, 3.05) is 13.2 Å². The van der Waals surface area contributed by atoms with Gasteiger partial charge in [-0.05, 0) is 36.5 Å². The number of nitrogens with zero attached hydrogens (tertiary/aromatic N) is 2. The fourth-order valence-corrected chi connectivity index (χ4v) is 3.53. The minimum Gasteiger partial charge on any atom is -0.475 e. The molecular formula is C26H34F3N9O6. The Hall–Kier alpha value is -5.26. The number of pyridine rings is 1. The summed E-state index contributed by atoms with van der Waals surface area (Å²) in [5, 5.41) is 29.5. The molecule has 1 aromatic heterocycles. The van der Waals surface area contributed by atoms with Gasteiger partial charge in [0.1, 0.15) is 17.9 Å². The number of carboxylic acids is 1. The van der Waals surface area contributed by atoms with Crippen LogP contribution in [0.3, 0.4) is 0 Å². The lowest BCUT2D eigenvalue weighted by Crippen LogP contribution is -2.55. The summed E-state index contributed by atoms with van der Waals surface area (Å²) >= 11 is 0. The van der Waals surface area contributed by atoms with E-state index >= 15 is 0 Å². The van der Waals surface area contributed by atoms with Crippen molar-refractivity contribution in [3.63, 3.8) is 0 Å². The van der Waals surface area contributed by atoms with E-state index in [0.717, 1.165) is 5.56 Å². The number of nitrogen functional groups attached to an aromatic ring is 1. The van der Waals surface area contributed by atoms with E-state index in [9.17, 15) is 32.7 Å². The smallest absolute Gasteiger partial charge is 0.475 e. The zero-order valence-corrected chi connectivity index (χ0v) is 23.3. The zero-order valence-electron chi connectivity index (χ0n) is 23.3. The second-order valence-corrected chi connectivity index (χ2v) is 9.11. The zero-order chi connectivity index (χ0) is 33.4. The molecule has 0 spiro atoms. The summed E-state index contributed by atoms with van der Waals surface area (Å²) in [6.07, 6.45) is -1.18. The molecule has 0 unspecified atom stereocenters. The molecule has 0 saturated heterocycles. The number of carbonyl (C=O) groups is 4. The van der Waals surface area contributed by atoms with Crippen molar-refractivity contribution >= 4 is 35.5 Å². The molecule has 0 radical (unpaired) electrons. The first kappa shape index (κ1) is 36.8. The molecule has 240 valence electrons. The number of amides is 3. The topological polar surface area (TPSA) is 286 Å². The number of carboxylic acid groups (broad SMARTS) is 1. The molecule has 13 N–H and O–H groups in total. The number of primary amides is 1. The van der Waals surface area contributed by atoms with Gasteiger partial charge in [-0.3, -0.25) is 29.8 Å². The van der Waals surface area contributed by atoms with Crippen LogP contribution in [0.4, 0.5) is 13.2 Å². The first-order chi connectivity index (χ1) is 20.6. The van der Waals surface area contributed by atoms with Crippen LogP contribution in [-0.4, -0.2) is 82.1 Å². The van der Waals surface area contributed by atoms with Gasteiger partial charge in [-0.2, -0.15) is 13.2 Å². The number of aliphatic hydroxyl groups excluding tert-OH is 1. The maximum atomic E-state index is 13.3. The highest BCUT2D eigenvalue weighted by Gasteiger charge is 2.38. The van der Waals surface area contributed by atoms with E-state index in [0.29, 0.717) is 17.5 Å². The Labute approximate surface area is 249 Å². The highest BCUT2D eigenvalue weighted by atomic mass is 19.4. The third kappa shape index (κ3) is 13.1. The second kappa shape index (κ2) is 17.6. The fourth-order valence-electron chi connectivity index (χ4n) is 3.53. The van der Waals surface area contributed by atoms with Crippen LogP contribution in [0.2, 0.25) is 0 Å². The van der Waals surface area contributed by atoms with Crippen molar-refractivity contribution in [1.29, 1.82) is 5.41 Å². The Morgan fingerprint density at radius 3 is 2.02 bits per heavy atom. The van der Waals surface area contributed by atoms with Gasteiger partial charge in [0, 0.05) is 24.5 Å². The highest BCUT2D eigenvalue weighted by Crippen LogP contribution is 2.21. The first-order valence-electron chi connectivity index (χ1n) is 12.8. The van der Waals surface area contributed by atoms with Gasteiger partial charge < -0.3 is 43.8 Å². The van der Waals surface area contributed by atoms with Crippen LogP contribution in [0.1, 0.15) is 35.4 Å².